The molecule has 4 aromatic rings. The largest absolute Gasteiger partial charge is 0.459 e. The molecule has 2 aliphatic rings. The van der Waals surface area contributed by atoms with E-state index in [-0.39, 0.29) is 29.8 Å². The first-order chi connectivity index (χ1) is 17.5. The Morgan fingerprint density at radius 1 is 1.11 bits per heavy atom. The second kappa shape index (κ2) is 8.98. The highest BCUT2D eigenvalue weighted by molar-refractivity contribution is 7.99. The van der Waals surface area contributed by atoms with Crippen LogP contribution in [-0.4, -0.2) is 72.9 Å². The number of nitrogens with zero attached hydrogens (tertiary/aromatic N) is 6. The van der Waals surface area contributed by atoms with Crippen molar-refractivity contribution in [3.05, 3.63) is 70.5 Å². The molecule has 10 nitrogen and oxygen atoms in total. The van der Waals surface area contributed by atoms with Gasteiger partial charge < -0.3 is 14.2 Å². The van der Waals surface area contributed by atoms with E-state index >= 15 is 0 Å². The zero-order valence-corrected chi connectivity index (χ0v) is 20.5. The minimum absolute atomic E-state index is 0.0269. The molecule has 5 heterocycles. The Morgan fingerprint density at radius 3 is 2.67 bits per heavy atom. The van der Waals surface area contributed by atoms with Crippen LogP contribution in [0.15, 0.2) is 63.2 Å². The normalized spacial score (nSPS) is 17.5. The molecule has 1 saturated heterocycles. The maximum absolute atomic E-state index is 13.4. The van der Waals surface area contributed by atoms with Crippen LogP contribution in [0.25, 0.3) is 16.7 Å². The number of benzene rings is 1. The fourth-order valence-corrected chi connectivity index (χ4v) is 5.91. The van der Waals surface area contributed by atoms with Gasteiger partial charge in [-0.25, -0.2) is 9.67 Å². The third-order valence-corrected chi connectivity index (χ3v) is 7.78. The Morgan fingerprint density at radius 2 is 1.92 bits per heavy atom. The maximum atomic E-state index is 13.4. The summed E-state index contributed by atoms with van der Waals surface area (Å²) in [5.74, 6) is 0.718. The van der Waals surface area contributed by atoms with E-state index in [0.29, 0.717) is 53.9 Å². The predicted octanol–water partition coefficient (Wildman–Crippen LogP) is 2.51. The fraction of sp³-hybridized carbons (Fsp3) is 0.320. The summed E-state index contributed by atoms with van der Waals surface area (Å²) < 4.78 is 8.53. The molecule has 2 aliphatic heterocycles. The number of piperazine rings is 1. The van der Waals surface area contributed by atoms with Gasteiger partial charge in [-0.3, -0.25) is 19.0 Å². The molecule has 6 rings (SSSR count). The first-order valence-corrected chi connectivity index (χ1v) is 12.8. The van der Waals surface area contributed by atoms with Gasteiger partial charge in [-0.1, -0.05) is 23.9 Å². The Hall–Kier alpha value is -3.86. The third kappa shape index (κ3) is 3.89. The van der Waals surface area contributed by atoms with Crippen LogP contribution in [0.5, 0.6) is 0 Å². The monoisotopic (exact) mass is 504 g/mol. The summed E-state index contributed by atoms with van der Waals surface area (Å²) in [4.78, 5) is 47.2. The van der Waals surface area contributed by atoms with Gasteiger partial charge in [0.25, 0.3) is 11.5 Å². The lowest BCUT2D eigenvalue weighted by atomic mass is 10.2. The average Bonchev–Trinajstić information content (AvgIpc) is 3.64. The number of aromatic nitrogens is 4. The standard InChI is InChI=1S/C25H24N6O4S/c1-16-4-2-5-17(12-16)31-22-19(14-26-31)23(33)30-18(15-36-25(30)27-22)13-21(32)28-7-9-29(10-8-28)24(34)20-6-3-11-35-20/h2-6,11-12,14,18H,7-10,13,15H2,1H3. The number of hydrogen-bond donors (Lipinski definition) is 0. The van der Waals surface area contributed by atoms with E-state index in [1.807, 2.05) is 31.2 Å². The van der Waals surface area contributed by atoms with Crippen molar-refractivity contribution in [2.24, 2.45) is 0 Å². The van der Waals surface area contributed by atoms with Gasteiger partial charge in [0.15, 0.2) is 16.6 Å². The molecule has 1 unspecified atom stereocenters. The molecule has 2 amide bonds. The lowest BCUT2D eigenvalue weighted by Crippen LogP contribution is -2.51. The van der Waals surface area contributed by atoms with Gasteiger partial charge >= 0.3 is 0 Å². The summed E-state index contributed by atoms with van der Waals surface area (Å²) >= 11 is 1.48. The van der Waals surface area contributed by atoms with Crippen molar-refractivity contribution in [1.29, 1.82) is 0 Å². The number of hydrogen-bond acceptors (Lipinski definition) is 7. The summed E-state index contributed by atoms with van der Waals surface area (Å²) in [6.07, 6.45) is 3.24. The summed E-state index contributed by atoms with van der Waals surface area (Å²) in [5.41, 5.74) is 2.29. The molecule has 36 heavy (non-hydrogen) atoms. The van der Waals surface area contributed by atoms with Crippen LogP contribution < -0.4 is 5.56 Å². The summed E-state index contributed by atoms with van der Waals surface area (Å²) in [5, 5.41) is 5.47. The van der Waals surface area contributed by atoms with Crippen molar-refractivity contribution >= 4 is 34.6 Å². The third-order valence-electron chi connectivity index (χ3n) is 6.68. The van der Waals surface area contributed by atoms with Crippen molar-refractivity contribution in [2.45, 2.75) is 24.5 Å². The molecular formula is C25H24N6O4S. The van der Waals surface area contributed by atoms with Gasteiger partial charge in [0.1, 0.15) is 5.39 Å². The maximum Gasteiger partial charge on any atom is 0.289 e. The lowest BCUT2D eigenvalue weighted by molar-refractivity contribution is -0.133. The molecule has 1 atom stereocenters. The Labute approximate surface area is 210 Å². The van der Waals surface area contributed by atoms with Crippen LogP contribution in [0.3, 0.4) is 0 Å². The topological polar surface area (TPSA) is 106 Å². The Balaban J connectivity index is 1.18. The lowest BCUT2D eigenvalue weighted by Gasteiger charge is -2.34. The number of carbonyl (C=O) groups excluding carboxylic acids is 2. The van der Waals surface area contributed by atoms with Crippen LogP contribution in [-0.2, 0) is 4.79 Å². The number of aryl methyl sites for hydroxylation is 1. The first kappa shape index (κ1) is 22.6. The summed E-state index contributed by atoms with van der Waals surface area (Å²) in [6, 6.07) is 10.9. The van der Waals surface area contributed by atoms with E-state index in [1.165, 1.54) is 18.0 Å². The van der Waals surface area contributed by atoms with Crippen LogP contribution in [0.1, 0.15) is 28.6 Å². The van der Waals surface area contributed by atoms with Gasteiger partial charge in [-0.2, -0.15) is 5.10 Å². The van der Waals surface area contributed by atoms with E-state index in [2.05, 4.69) is 5.10 Å². The molecule has 1 fully saturated rings. The molecule has 0 saturated carbocycles. The van der Waals surface area contributed by atoms with Gasteiger partial charge in [0.2, 0.25) is 5.91 Å². The second-order valence-electron chi connectivity index (χ2n) is 9.02. The number of furan rings is 1. The Kier molecular flexibility index (Phi) is 5.63. The zero-order chi connectivity index (χ0) is 24.8. The zero-order valence-electron chi connectivity index (χ0n) is 19.7. The minimum Gasteiger partial charge on any atom is -0.459 e. The highest BCUT2D eigenvalue weighted by atomic mass is 32.2. The number of carbonyl (C=O) groups is 2. The summed E-state index contributed by atoms with van der Waals surface area (Å²) in [6.45, 7) is 3.80. The molecule has 0 N–H and O–H groups in total. The van der Waals surface area contributed by atoms with E-state index < -0.39 is 0 Å². The minimum atomic E-state index is -0.271. The smallest absolute Gasteiger partial charge is 0.289 e. The molecule has 0 spiro atoms. The molecule has 3 aromatic heterocycles. The summed E-state index contributed by atoms with van der Waals surface area (Å²) in [7, 11) is 0. The molecule has 0 radical (unpaired) electrons. The molecule has 1 aromatic carbocycles. The van der Waals surface area contributed by atoms with Crippen LogP contribution in [0.2, 0.25) is 0 Å². The predicted molar refractivity (Wildman–Crippen MR) is 133 cm³/mol. The van der Waals surface area contributed by atoms with Crippen molar-refractivity contribution in [3.8, 4) is 5.69 Å². The average molecular weight is 505 g/mol. The number of rotatable bonds is 4. The molecule has 0 bridgehead atoms. The number of thioether (sulfide) groups is 1. The van der Waals surface area contributed by atoms with E-state index in [0.717, 1.165) is 11.3 Å². The number of amides is 2. The SMILES string of the molecule is Cc1cccc(-n2ncc3c(=O)n4c(nc32)SCC4CC(=O)N2CCN(C(=O)c3ccco3)CC2)c1. The quantitative estimate of drug-likeness (QED) is 0.393. The van der Waals surface area contributed by atoms with Gasteiger partial charge in [-0.15, -0.1) is 0 Å². The Bertz CT molecular complexity index is 1520. The highest BCUT2D eigenvalue weighted by Crippen LogP contribution is 2.34. The highest BCUT2D eigenvalue weighted by Gasteiger charge is 2.32. The van der Waals surface area contributed by atoms with Crippen LogP contribution >= 0.6 is 11.8 Å². The second-order valence-corrected chi connectivity index (χ2v) is 10.0. The first-order valence-electron chi connectivity index (χ1n) is 11.8. The van der Waals surface area contributed by atoms with E-state index in [1.54, 1.807) is 37.4 Å². The molecule has 184 valence electrons. The fourth-order valence-electron chi connectivity index (χ4n) is 4.78. The van der Waals surface area contributed by atoms with Crippen LogP contribution in [0, 0.1) is 6.92 Å². The van der Waals surface area contributed by atoms with Crippen molar-refractivity contribution in [2.75, 3.05) is 31.9 Å². The van der Waals surface area contributed by atoms with Gasteiger partial charge in [0.05, 0.1) is 24.2 Å². The van der Waals surface area contributed by atoms with Crippen molar-refractivity contribution < 1.29 is 14.0 Å². The van der Waals surface area contributed by atoms with E-state index in [4.69, 9.17) is 9.40 Å². The van der Waals surface area contributed by atoms with Crippen molar-refractivity contribution in [3.63, 3.8) is 0 Å². The van der Waals surface area contributed by atoms with Gasteiger partial charge in [-0.05, 0) is 36.8 Å². The molecular weight excluding hydrogens is 480 g/mol. The van der Waals surface area contributed by atoms with E-state index in [9.17, 15) is 14.4 Å². The van der Waals surface area contributed by atoms with Crippen LogP contribution in [0.4, 0.5) is 0 Å². The molecule has 11 heteroatoms. The number of fused-ring (bicyclic) bond motifs is 2. The van der Waals surface area contributed by atoms with Gasteiger partial charge in [0, 0.05) is 38.4 Å². The van der Waals surface area contributed by atoms with Crippen molar-refractivity contribution in [1.82, 2.24) is 29.1 Å². The molecule has 0 aliphatic carbocycles.